The Kier molecular flexibility index (Phi) is 5.53. The van der Waals surface area contributed by atoms with Crippen molar-refractivity contribution in [2.45, 2.75) is 18.5 Å². The van der Waals surface area contributed by atoms with Crippen molar-refractivity contribution in [3.05, 3.63) is 36.5 Å². The molecule has 8 nitrogen and oxygen atoms in total. The molecule has 1 saturated heterocycles. The van der Waals surface area contributed by atoms with Crippen LogP contribution in [0.5, 0.6) is 0 Å². The highest BCUT2D eigenvalue weighted by Crippen LogP contribution is 2.33. The van der Waals surface area contributed by atoms with Gasteiger partial charge in [0, 0.05) is 18.0 Å². The Labute approximate surface area is 143 Å². The van der Waals surface area contributed by atoms with Crippen molar-refractivity contribution in [1.29, 1.82) is 0 Å². The number of hydrogen-bond donors (Lipinski definition) is 3. The summed E-state index contributed by atoms with van der Waals surface area (Å²) in [7, 11) is 0. The lowest BCUT2D eigenvalue weighted by atomic mass is 9.92. The second-order valence-corrected chi connectivity index (χ2v) is 5.48. The lowest BCUT2D eigenvalue weighted by Gasteiger charge is -2.21. The molecule has 0 amide bonds. The Bertz CT molecular complexity index is 721. The highest BCUT2D eigenvalue weighted by molar-refractivity contribution is 5.85. The quantitative estimate of drug-likeness (QED) is 0.736. The first-order valence-corrected chi connectivity index (χ1v) is 7.21. The number of aliphatic carboxylic acids is 2. The van der Waals surface area contributed by atoms with Crippen LogP contribution in [0.15, 0.2) is 36.5 Å². The fourth-order valence-electron chi connectivity index (χ4n) is 3.07. The predicted molar refractivity (Wildman–Crippen MR) is 86.9 cm³/mol. The van der Waals surface area contributed by atoms with Crippen molar-refractivity contribution in [3.8, 4) is 11.3 Å². The molecular formula is C15H17ClN4O4. The summed E-state index contributed by atoms with van der Waals surface area (Å²) >= 11 is 0. The van der Waals surface area contributed by atoms with Crippen LogP contribution in [0, 0.1) is 5.92 Å². The van der Waals surface area contributed by atoms with Crippen molar-refractivity contribution in [2.75, 3.05) is 6.54 Å². The summed E-state index contributed by atoms with van der Waals surface area (Å²) in [5, 5.41) is 29.3. The number of carbonyl (C=O) groups is 2. The lowest BCUT2D eigenvalue weighted by Crippen LogP contribution is -2.37. The molecule has 24 heavy (non-hydrogen) atoms. The third-order valence-electron chi connectivity index (χ3n) is 4.10. The van der Waals surface area contributed by atoms with Crippen LogP contribution in [-0.2, 0) is 9.59 Å². The maximum absolute atomic E-state index is 11.4. The number of halogens is 1. The van der Waals surface area contributed by atoms with E-state index in [1.54, 1.807) is 10.9 Å². The van der Waals surface area contributed by atoms with Gasteiger partial charge in [-0.15, -0.1) is 17.5 Å². The number of nitrogens with one attached hydrogen (secondary N) is 1. The largest absolute Gasteiger partial charge is 0.481 e. The van der Waals surface area contributed by atoms with Crippen LogP contribution in [0.3, 0.4) is 0 Å². The number of carboxylic acids is 2. The fraction of sp³-hybridized carbons (Fsp3) is 0.333. The number of rotatable bonds is 5. The van der Waals surface area contributed by atoms with Gasteiger partial charge in [0.1, 0.15) is 6.04 Å². The van der Waals surface area contributed by atoms with Gasteiger partial charge in [-0.3, -0.25) is 9.59 Å². The van der Waals surface area contributed by atoms with Crippen LogP contribution in [0.2, 0.25) is 0 Å². The number of aromatic nitrogens is 3. The molecule has 128 valence electrons. The van der Waals surface area contributed by atoms with Crippen molar-refractivity contribution < 1.29 is 19.8 Å². The van der Waals surface area contributed by atoms with E-state index in [1.165, 1.54) is 0 Å². The van der Waals surface area contributed by atoms with Crippen molar-refractivity contribution in [3.63, 3.8) is 0 Å². The van der Waals surface area contributed by atoms with Crippen molar-refractivity contribution in [1.82, 2.24) is 20.3 Å². The fourth-order valence-corrected chi connectivity index (χ4v) is 3.07. The lowest BCUT2D eigenvalue weighted by molar-refractivity contribution is -0.142. The van der Waals surface area contributed by atoms with Crippen LogP contribution in [0.25, 0.3) is 11.3 Å². The Hall–Kier alpha value is -2.45. The molecule has 0 saturated carbocycles. The molecule has 1 fully saturated rings. The van der Waals surface area contributed by atoms with Crippen LogP contribution in [0.4, 0.5) is 0 Å². The highest BCUT2D eigenvalue weighted by atomic mass is 35.5. The summed E-state index contributed by atoms with van der Waals surface area (Å²) in [5.41, 5.74) is 1.63. The zero-order valence-electron chi connectivity index (χ0n) is 12.6. The molecule has 0 unspecified atom stereocenters. The highest BCUT2D eigenvalue weighted by Gasteiger charge is 2.43. The van der Waals surface area contributed by atoms with Gasteiger partial charge in [0.05, 0.1) is 24.4 Å². The van der Waals surface area contributed by atoms with E-state index in [-0.39, 0.29) is 24.9 Å². The molecule has 9 heteroatoms. The second kappa shape index (κ2) is 7.41. The molecular weight excluding hydrogens is 336 g/mol. The molecule has 3 rings (SSSR count). The van der Waals surface area contributed by atoms with Gasteiger partial charge in [0.2, 0.25) is 0 Å². The van der Waals surface area contributed by atoms with Gasteiger partial charge in [0.25, 0.3) is 0 Å². The van der Waals surface area contributed by atoms with E-state index in [9.17, 15) is 14.7 Å². The van der Waals surface area contributed by atoms with Gasteiger partial charge in [-0.1, -0.05) is 35.5 Å². The third kappa shape index (κ3) is 3.39. The number of nitrogens with zero attached hydrogens (tertiary/aromatic N) is 3. The summed E-state index contributed by atoms with van der Waals surface area (Å²) in [6.45, 7) is 0.331. The summed E-state index contributed by atoms with van der Waals surface area (Å²) in [6.07, 6.45) is 1.35. The third-order valence-corrected chi connectivity index (χ3v) is 4.10. The molecule has 2 aromatic rings. The molecule has 2 heterocycles. The minimum absolute atomic E-state index is 0. The molecule has 1 aromatic carbocycles. The van der Waals surface area contributed by atoms with Crippen LogP contribution in [-0.4, -0.2) is 49.7 Å². The molecule has 1 aromatic heterocycles. The smallest absolute Gasteiger partial charge is 0.321 e. The van der Waals surface area contributed by atoms with Crippen LogP contribution < -0.4 is 5.32 Å². The first-order valence-electron chi connectivity index (χ1n) is 7.21. The number of carboxylic acid groups (broad SMARTS) is 2. The summed E-state index contributed by atoms with van der Waals surface area (Å²) in [6, 6.07) is 8.16. The van der Waals surface area contributed by atoms with Gasteiger partial charge in [-0.2, -0.15) is 0 Å². The van der Waals surface area contributed by atoms with E-state index in [2.05, 4.69) is 15.6 Å². The van der Waals surface area contributed by atoms with E-state index >= 15 is 0 Å². The maximum atomic E-state index is 11.4. The molecule has 1 aliphatic rings. The minimum Gasteiger partial charge on any atom is -0.481 e. The Morgan fingerprint density at radius 2 is 1.96 bits per heavy atom. The normalized spacial score (nSPS) is 22.8. The van der Waals surface area contributed by atoms with Crippen molar-refractivity contribution in [2.24, 2.45) is 5.92 Å². The summed E-state index contributed by atoms with van der Waals surface area (Å²) in [4.78, 5) is 22.5. The van der Waals surface area contributed by atoms with Crippen LogP contribution >= 0.6 is 12.4 Å². The van der Waals surface area contributed by atoms with Gasteiger partial charge in [0.15, 0.2) is 0 Å². The molecule has 0 spiro atoms. The minimum atomic E-state index is -1.06. The SMILES string of the molecule is Cl.O=C(O)C[C@@H]1[C@@H](C(=O)O)NC[C@@H]1n1nncc1-c1ccccc1. The van der Waals surface area contributed by atoms with E-state index in [4.69, 9.17) is 5.11 Å². The predicted octanol–water partition coefficient (Wildman–Crippen LogP) is 1.06. The maximum Gasteiger partial charge on any atom is 0.321 e. The molecule has 3 N–H and O–H groups in total. The summed E-state index contributed by atoms with van der Waals surface area (Å²) < 4.78 is 1.62. The second-order valence-electron chi connectivity index (χ2n) is 5.48. The van der Waals surface area contributed by atoms with Gasteiger partial charge >= 0.3 is 11.9 Å². The standard InChI is InChI=1S/C15H16N4O4.ClH/c20-13(21)6-10-12(7-16-14(10)15(22)23)19-11(8-17-18-19)9-4-2-1-3-5-9;/h1-5,8,10,12,14,16H,6-7H2,(H,20,21)(H,22,23);1H/t10-,12-,14-;/m0./s1. The van der Waals surface area contributed by atoms with Gasteiger partial charge < -0.3 is 15.5 Å². The molecule has 3 atom stereocenters. The summed E-state index contributed by atoms with van der Waals surface area (Å²) in [5.74, 6) is -2.69. The van der Waals surface area contributed by atoms with E-state index in [0.29, 0.717) is 6.54 Å². The van der Waals surface area contributed by atoms with Gasteiger partial charge in [-0.25, -0.2) is 4.68 Å². The average Bonchev–Trinajstić information content (AvgIpc) is 3.13. The van der Waals surface area contributed by atoms with Gasteiger partial charge in [-0.05, 0) is 0 Å². The van der Waals surface area contributed by atoms with E-state index in [1.807, 2.05) is 30.3 Å². The first kappa shape index (κ1) is 17.9. The van der Waals surface area contributed by atoms with Crippen molar-refractivity contribution >= 4 is 24.3 Å². The first-order chi connectivity index (χ1) is 11.1. The zero-order valence-corrected chi connectivity index (χ0v) is 13.4. The Morgan fingerprint density at radius 3 is 2.58 bits per heavy atom. The molecule has 0 aliphatic carbocycles. The van der Waals surface area contributed by atoms with E-state index < -0.39 is 23.9 Å². The van der Waals surface area contributed by atoms with E-state index in [0.717, 1.165) is 11.3 Å². The zero-order chi connectivity index (χ0) is 16.4. The van der Waals surface area contributed by atoms with Crippen LogP contribution in [0.1, 0.15) is 12.5 Å². The average molecular weight is 353 g/mol. The number of hydrogen-bond acceptors (Lipinski definition) is 5. The topological polar surface area (TPSA) is 117 Å². The molecule has 1 aliphatic heterocycles. The Morgan fingerprint density at radius 1 is 1.25 bits per heavy atom. The Balaban J connectivity index is 0.00000208. The molecule has 0 bridgehead atoms. The molecule has 0 radical (unpaired) electrons. The monoisotopic (exact) mass is 352 g/mol. The number of benzene rings is 1.